The van der Waals surface area contributed by atoms with E-state index in [1.54, 1.807) is 11.8 Å². The lowest BCUT2D eigenvalue weighted by molar-refractivity contribution is 0.550. The summed E-state index contributed by atoms with van der Waals surface area (Å²) in [5.74, 6) is 0. The highest BCUT2D eigenvalue weighted by Gasteiger charge is 2.18. The molecule has 1 atom stereocenters. The molecule has 2 heterocycles. The zero-order valence-corrected chi connectivity index (χ0v) is 9.08. The van der Waals surface area contributed by atoms with Crippen LogP contribution in [0.4, 0.5) is 0 Å². The SMILES string of the molecule is NC1Cn2cccc2Sc2ccccc21. The van der Waals surface area contributed by atoms with E-state index in [1.165, 1.54) is 15.5 Å². The molecule has 3 heteroatoms. The fourth-order valence-corrected chi connectivity index (χ4v) is 3.05. The van der Waals surface area contributed by atoms with Gasteiger partial charge in [0.1, 0.15) is 0 Å². The minimum absolute atomic E-state index is 0.0994. The van der Waals surface area contributed by atoms with Crippen LogP contribution in [0.1, 0.15) is 11.6 Å². The summed E-state index contributed by atoms with van der Waals surface area (Å²) in [6.07, 6.45) is 2.09. The van der Waals surface area contributed by atoms with E-state index < -0.39 is 0 Å². The van der Waals surface area contributed by atoms with Crippen LogP contribution in [0.15, 0.2) is 52.5 Å². The third kappa shape index (κ3) is 1.48. The molecule has 0 spiro atoms. The van der Waals surface area contributed by atoms with Gasteiger partial charge in [-0.25, -0.2) is 0 Å². The van der Waals surface area contributed by atoms with Crippen LogP contribution >= 0.6 is 11.8 Å². The van der Waals surface area contributed by atoms with Crippen molar-refractivity contribution in [3.63, 3.8) is 0 Å². The van der Waals surface area contributed by atoms with Gasteiger partial charge in [-0.3, -0.25) is 0 Å². The third-order valence-corrected chi connectivity index (χ3v) is 3.89. The van der Waals surface area contributed by atoms with Gasteiger partial charge in [-0.15, -0.1) is 0 Å². The molecule has 0 amide bonds. The molecule has 0 aliphatic carbocycles. The number of hydrogen-bond acceptors (Lipinski definition) is 2. The molecule has 2 aromatic rings. The van der Waals surface area contributed by atoms with Gasteiger partial charge in [-0.05, 0) is 23.8 Å². The third-order valence-electron chi connectivity index (χ3n) is 2.71. The maximum absolute atomic E-state index is 6.19. The predicted octanol–water partition coefficient (Wildman–Crippen LogP) is 2.65. The Balaban J connectivity index is 2.14. The van der Waals surface area contributed by atoms with Gasteiger partial charge in [0.05, 0.1) is 5.03 Å². The zero-order chi connectivity index (χ0) is 10.3. The van der Waals surface area contributed by atoms with Crippen LogP contribution in [0, 0.1) is 0 Å². The van der Waals surface area contributed by atoms with E-state index in [2.05, 4.69) is 47.2 Å². The van der Waals surface area contributed by atoms with Crippen LogP contribution in [-0.4, -0.2) is 4.57 Å². The topological polar surface area (TPSA) is 30.9 Å². The monoisotopic (exact) mass is 216 g/mol. The average molecular weight is 216 g/mol. The minimum atomic E-state index is 0.0994. The molecule has 1 unspecified atom stereocenters. The molecule has 1 aliphatic heterocycles. The van der Waals surface area contributed by atoms with E-state index in [0.717, 1.165) is 6.54 Å². The van der Waals surface area contributed by atoms with Gasteiger partial charge < -0.3 is 10.3 Å². The van der Waals surface area contributed by atoms with Crippen LogP contribution < -0.4 is 5.73 Å². The van der Waals surface area contributed by atoms with Gasteiger partial charge >= 0.3 is 0 Å². The zero-order valence-electron chi connectivity index (χ0n) is 8.26. The maximum atomic E-state index is 6.19. The Labute approximate surface area is 93.1 Å². The lowest BCUT2D eigenvalue weighted by Gasteiger charge is -2.11. The molecule has 3 rings (SSSR count). The molecule has 0 saturated carbocycles. The first-order valence-electron chi connectivity index (χ1n) is 5.02. The Bertz CT molecular complexity index is 490. The lowest BCUT2D eigenvalue weighted by atomic mass is 10.1. The van der Waals surface area contributed by atoms with Crippen molar-refractivity contribution in [2.24, 2.45) is 5.73 Å². The van der Waals surface area contributed by atoms with Crippen molar-refractivity contribution in [3.8, 4) is 0 Å². The highest BCUT2D eigenvalue weighted by Crippen LogP contribution is 2.36. The van der Waals surface area contributed by atoms with Crippen molar-refractivity contribution >= 4 is 11.8 Å². The van der Waals surface area contributed by atoms with Gasteiger partial charge in [0, 0.05) is 23.7 Å². The standard InChI is InChI=1S/C12H12N2S/c13-10-8-14-7-3-6-12(14)15-11-5-2-1-4-9(10)11/h1-7,10H,8,13H2. The highest BCUT2D eigenvalue weighted by molar-refractivity contribution is 7.99. The number of benzene rings is 1. The molecule has 15 heavy (non-hydrogen) atoms. The lowest BCUT2D eigenvalue weighted by Crippen LogP contribution is -2.16. The van der Waals surface area contributed by atoms with Gasteiger partial charge in [0.25, 0.3) is 0 Å². The van der Waals surface area contributed by atoms with E-state index in [1.807, 2.05) is 0 Å². The Morgan fingerprint density at radius 3 is 3.00 bits per heavy atom. The molecule has 0 bridgehead atoms. The van der Waals surface area contributed by atoms with Crippen molar-refractivity contribution in [2.75, 3.05) is 0 Å². The molecule has 1 aliphatic rings. The molecule has 1 aromatic heterocycles. The molecule has 76 valence electrons. The Kier molecular flexibility index (Phi) is 2.08. The van der Waals surface area contributed by atoms with Crippen molar-refractivity contribution in [1.82, 2.24) is 4.57 Å². The van der Waals surface area contributed by atoms with E-state index >= 15 is 0 Å². The van der Waals surface area contributed by atoms with E-state index in [9.17, 15) is 0 Å². The quantitative estimate of drug-likeness (QED) is 0.734. The first kappa shape index (κ1) is 9.07. The van der Waals surface area contributed by atoms with Gasteiger partial charge in [0.15, 0.2) is 0 Å². The Hall–Kier alpha value is -1.19. The number of nitrogens with two attached hydrogens (primary N) is 1. The van der Waals surface area contributed by atoms with E-state index in [0.29, 0.717) is 0 Å². The second kappa shape index (κ2) is 3.43. The molecule has 0 radical (unpaired) electrons. The van der Waals surface area contributed by atoms with Gasteiger partial charge in [-0.2, -0.15) is 0 Å². The number of aromatic nitrogens is 1. The van der Waals surface area contributed by atoms with Crippen LogP contribution in [0.3, 0.4) is 0 Å². The molecule has 2 N–H and O–H groups in total. The smallest absolute Gasteiger partial charge is 0.0797 e. The largest absolute Gasteiger partial charge is 0.341 e. The van der Waals surface area contributed by atoms with E-state index in [-0.39, 0.29) is 6.04 Å². The summed E-state index contributed by atoms with van der Waals surface area (Å²) in [7, 11) is 0. The molecule has 0 fully saturated rings. The van der Waals surface area contributed by atoms with Crippen LogP contribution in [0.5, 0.6) is 0 Å². The summed E-state index contributed by atoms with van der Waals surface area (Å²) in [6, 6.07) is 12.7. The first-order chi connectivity index (χ1) is 7.34. The fourth-order valence-electron chi connectivity index (χ4n) is 1.94. The minimum Gasteiger partial charge on any atom is -0.341 e. The van der Waals surface area contributed by atoms with Crippen LogP contribution in [0.25, 0.3) is 0 Å². The molecular formula is C12H12N2S. The summed E-state index contributed by atoms with van der Waals surface area (Å²) in [5, 5.41) is 1.27. The molecule has 0 saturated heterocycles. The van der Waals surface area contributed by atoms with Crippen molar-refractivity contribution < 1.29 is 0 Å². The normalized spacial score (nSPS) is 19.1. The summed E-state index contributed by atoms with van der Waals surface area (Å²) in [5.41, 5.74) is 7.44. The number of fused-ring (bicyclic) bond motifs is 2. The second-order valence-corrected chi connectivity index (χ2v) is 4.81. The van der Waals surface area contributed by atoms with Crippen molar-refractivity contribution in [1.29, 1.82) is 0 Å². The molecular weight excluding hydrogens is 204 g/mol. The molecule has 1 aromatic carbocycles. The summed E-state index contributed by atoms with van der Waals surface area (Å²) < 4.78 is 2.22. The van der Waals surface area contributed by atoms with Crippen molar-refractivity contribution in [3.05, 3.63) is 48.2 Å². The highest BCUT2D eigenvalue weighted by atomic mass is 32.2. The van der Waals surface area contributed by atoms with Gasteiger partial charge in [0.2, 0.25) is 0 Å². The maximum Gasteiger partial charge on any atom is 0.0797 e. The molecule has 2 nitrogen and oxygen atoms in total. The fraction of sp³-hybridized carbons (Fsp3) is 0.167. The van der Waals surface area contributed by atoms with Gasteiger partial charge in [-0.1, -0.05) is 30.0 Å². The summed E-state index contributed by atoms with van der Waals surface area (Å²) >= 11 is 1.80. The summed E-state index contributed by atoms with van der Waals surface area (Å²) in [4.78, 5) is 1.28. The van der Waals surface area contributed by atoms with Crippen molar-refractivity contribution in [2.45, 2.75) is 22.5 Å². The Morgan fingerprint density at radius 1 is 1.20 bits per heavy atom. The number of rotatable bonds is 0. The first-order valence-corrected chi connectivity index (χ1v) is 5.84. The number of hydrogen-bond donors (Lipinski definition) is 1. The second-order valence-electron chi connectivity index (χ2n) is 3.75. The number of nitrogens with zero attached hydrogens (tertiary/aromatic N) is 1. The van der Waals surface area contributed by atoms with Crippen LogP contribution in [0.2, 0.25) is 0 Å². The van der Waals surface area contributed by atoms with Crippen LogP contribution in [-0.2, 0) is 6.54 Å². The Morgan fingerprint density at radius 2 is 2.07 bits per heavy atom. The van der Waals surface area contributed by atoms with E-state index in [4.69, 9.17) is 5.73 Å². The summed E-state index contributed by atoms with van der Waals surface area (Å²) in [6.45, 7) is 0.867. The average Bonchev–Trinajstić information content (AvgIpc) is 2.61. The predicted molar refractivity (Wildman–Crippen MR) is 61.9 cm³/mol.